The standard InChI is InChI=1S/C19H12BrNO4/c1-24-13-3-5-16-11(7-13)9-17(25-16)18-14(19(22)23)8-10-6-12(20)2-4-15(10)21-18/h2-9H,1H3,(H,22,23). The van der Waals surface area contributed by atoms with Crippen LogP contribution < -0.4 is 4.74 Å². The molecule has 0 amide bonds. The largest absolute Gasteiger partial charge is 0.497 e. The number of fused-ring (bicyclic) bond motifs is 2. The SMILES string of the molecule is COc1ccc2oc(-c3nc4ccc(Br)cc4cc3C(=O)O)cc2c1. The van der Waals surface area contributed by atoms with Crippen molar-refractivity contribution in [3.8, 4) is 17.2 Å². The first-order valence-electron chi connectivity index (χ1n) is 7.47. The smallest absolute Gasteiger partial charge is 0.338 e. The van der Waals surface area contributed by atoms with E-state index in [-0.39, 0.29) is 5.56 Å². The van der Waals surface area contributed by atoms with Crippen molar-refractivity contribution in [2.24, 2.45) is 0 Å². The number of nitrogens with zero attached hydrogens (tertiary/aromatic N) is 1. The van der Waals surface area contributed by atoms with E-state index in [1.165, 1.54) is 0 Å². The molecule has 5 nitrogen and oxygen atoms in total. The Bertz CT molecular complexity index is 1130. The topological polar surface area (TPSA) is 72.6 Å². The molecule has 0 radical (unpaired) electrons. The second-order valence-corrected chi connectivity index (χ2v) is 6.46. The van der Waals surface area contributed by atoms with Crippen molar-refractivity contribution in [3.63, 3.8) is 0 Å². The lowest BCUT2D eigenvalue weighted by molar-refractivity contribution is 0.0697. The van der Waals surface area contributed by atoms with Crippen LogP contribution in [0.5, 0.6) is 5.75 Å². The zero-order valence-corrected chi connectivity index (χ0v) is 14.7. The summed E-state index contributed by atoms with van der Waals surface area (Å²) in [6.45, 7) is 0. The van der Waals surface area contributed by atoms with Gasteiger partial charge in [-0.2, -0.15) is 0 Å². The number of methoxy groups -OCH3 is 1. The van der Waals surface area contributed by atoms with E-state index in [0.29, 0.717) is 28.3 Å². The summed E-state index contributed by atoms with van der Waals surface area (Å²) < 4.78 is 11.9. The Hall–Kier alpha value is -2.86. The molecule has 2 heterocycles. The van der Waals surface area contributed by atoms with Gasteiger partial charge in [0.2, 0.25) is 0 Å². The molecular formula is C19H12BrNO4. The number of hydrogen-bond acceptors (Lipinski definition) is 4. The van der Waals surface area contributed by atoms with Crippen LogP contribution in [0.2, 0.25) is 0 Å². The number of furan rings is 1. The van der Waals surface area contributed by atoms with Crippen molar-refractivity contribution in [1.82, 2.24) is 4.98 Å². The minimum atomic E-state index is -1.05. The highest BCUT2D eigenvalue weighted by Gasteiger charge is 2.19. The van der Waals surface area contributed by atoms with Crippen molar-refractivity contribution < 1.29 is 19.1 Å². The molecule has 2 aromatic carbocycles. The molecular weight excluding hydrogens is 386 g/mol. The normalized spacial score (nSPS) is 11.1. The van der Waals surface area contributed by atoms with E-state index in [1.54, 1.807) is 31.4 Å². The lowest BCUT2D eigenvalue weighted by atomic mass is 10.1. The van der Waals surface area contributed by atoms with Crippen molar-refractivity contribution >= 4 is 43.8 Å². The van der Waals surface area contributed by atoms with Crippen LogP contribution in [0.3, 0.4) is 0 Å². The first-order valence-corrected chi connectivity index (χ1v) is 8.26. The van der Waals surface area contributed by atoms with Gasteiger partial charge >= 0.3 is 5.97 Å². The summed E-state index contributed by atoms with van der Waals surface area (Å²) in [6, 6.07) is 14.3. The monoisotopic (exact) mass is 397 g/mol. The molecule has 124 valence electrons. The second kappa shape index (κ2) is 5.89. The van der Waals surface area contributed by atoms with Crippen LogP contribution in [-0.2, 0) is 0 Å². The molecule has 2 aromatic heterocycles. The van der Waals surface area contributed by atoms with Crippen molar-refractivity contribution in [2.45, 2.75) is 0 Å². The van der Waals surface area contributed by atoms with Crippen molar-refractivity contribution in [2.75, 3.05) is 7.11 Å². The van der Waals surface area contributed by atoms with Crippen LogP contribution >= 0.6 is 15.9 Å². The Balaban J connectivity index is 1.97. The summed E-state index contributed by atoms with van der Waals surface area (Å²) in [7, 11) is 1.59. The molecule has 0 aliphatic rings. The van der Waals surface area contributed by atoms with Crippen molar-refractivity contribution in [1.29, 1.82) is 0 Å². The maximum Gasteiger partial charge on any atom is 0.338 e. The maximum absolute atomic E-state index is 11.7. The third-order valence-corrected chi connectivity index (χ3v) is 4.46. The van der Waals surface area contributed by atoms with E-state index in [2.05, 4.69) is 20.9 Å². The molecule has 0 saturated heterocycles. The summed E-state index contributed by atoms with van der Waals surface area (Å²) in [5.41, 5.74) is 1.74. The molecule has 4 rings (SSSR count). The van der Waals surface area contributed by atoms with Gasteiger partial charge in [-0.1, -0.05) is 15.9 Å². The molecule has 4 aromatic rings. The fourth-order valence-electron chi connectivity index (χ4n) is 2.76. The molecule has 0 aliphatic carbocycles. The molecule has 0 bridgehead atoms. The zero-order valence-electron chi connectivity index (χ0n) is 13.1. The average Bonchev–Trinajstić information content (AvgIpc) is 3.03. The van der Waals surface area contributed by atoms with Crippen LogP contribution in [0.25, 0.3) is 33.3 Å². The number of carboxylic acid groups (broad SMARTS) is 1. The second-order valence-electron chi connectivity index (χ2n) is 5.54. The fraction of sp³-hybridized carbons (Fsp3) is 0.0526. The van der Waals surface area contributed by atoms with E-state index in [1.807, 2.05) is 24.3 Å². The Labute approximate surface area is 151 Å². The summed E-state index contributed by atoms with van der Waals surface area (Å²) >= 11 is 3.39. The number of aromatic nitrogens is 1. The van der Waals surface area contributed by atoms with Gasteiger partial charge in [0, 0.05) is 15.2 Å². The summed E-state index contributed by atoms with van der Waals surface area (Å²) in [6.07, 6.45) is 0. The number of aromatic carboxylic acids is 1. The molecule has 0 unspecified atom stereocenters. The molecule has 1 N–H and O–H groups in total. The van der Waals surface area contributed by atoms with Gasteiger partial charge in [-0.15, -0.1) is 0 Å². The van der Waals surface area contributed by atoms with E-state index in [4.69, 9.17) is 9.15 Å². The molecule has 25 heavy (non-hydrogen) atoms. The highest BCUT2D eigenvalue weighted by molar-refractivity contribution is 9.10. The Kier molecular flexibility index (Phi) is 3.69. The van der Waals surface area contributed by atoms with Gasteiger partial charge < -0.3 is 14.3 Å². The van der Waals surface area contributed by atoms with Gasteiger partial charge in [0.1, 0.15) is 17.0 Å². The Morgan fingerprint density at radius 1 is 1.12 bits per heavy atom. The molecule has 6 heteroatoms. The quantitative estimate of drug-likeness (QED) is 0.519. The lowest BCUT2D eigenvalue weighted by Crippen LogP contribution is -2.01. The molecule has 0 spiro atoms. The number of rotatable bonds is 3. The fourth-order valence-corrected chi connectivity index (χ4v) is 3.14. The van der Waals surface area contributed by atoms with Gasteiger partial charge in [-0.05, 0) is 48.5 Å². The Morgan fingerprint density at radius 3 is 2.72 bits per heavy atom. The molecule has 0 fully saturated rings. The van der Waals surface area contributed by atoms with Crippen LogP contribution in [0.1, 0.15) is 10.4 Å². The van der Waals surface area contributed by atoms with Gasteiger partial charge in [0.05, 0.1) is 18.2 Å². The van der Waals surface area contributed by atoms with E-state index >= 15 is 0 Å². The molecule has 0 aliphatic heterocycles. The number of carbonyl (C=O) groups is 1. The molecule has 0 atom stereocenters. The first kappa shape index (κ1) is 15.7. The summed E-state index contributed by atoms with van der Waals surface area (Å²) in [5, 5.41) is 11.2. The third-order valence-electron chi connectivity index (χ3n) is 3.96. The molecule has 0 saturated carbocycles. The van der Waals surface area contributed by atoms with E-state index in [9.17, 15) is 9.90 Å². The van der Waals surface area contributed by atoms with Crippen molar-refractivity contribution in [3.05, 3.63) is 58.6 Å². The third kappa shape index (κ3) is 2.74. The number of ether oxygens (including phenoxy) is 1. The van der Waals surface area contributed by atoms with Gasteiger partial charge in [0.15, 0.2) is 5.76 Å². The highest BCUT2D eigenvalue weighted by atomic mass is 79.9. The van der Waals surface area contributed by atoms with Crippen LogP contribution in [0, 0.1) is 0 Å². The van der Waals surface area contributed by atoms with Crippen LogP contribution in [0.4, 0.5) is 0 Å². The zero-order chi connectivity index (χ0) is 17.6. The minimum absolute atomic E-state index is 0.0941. The number of hydrogen-bond donors (Lipinski definition) is 1. The van der Waals surface area contributed by atoms with Crippen LogP contribution in [-0.4, -0.2) is 23.2 Å². The first-order chi connectivity index (χ1) is 12.0. The van der Waals surface area contributed by atoms with E-state index < -0.39 is 5.97 Å². The number of halogens is 1. The van der Waals surface area contributed by atoms with E-state index in [0.717, 1.165) is 15.2 Å². The number of pyridine rings is 1. The van der Waals surface area contributed by atoms with Gasteiger partial charge in [0.25, 0.3) is 0 Å². The number of benzene rings is 2. The van der Waals surface area contributed by atoms with Gasteiger partial charge in [-0.3, -0.25) is 0 Å². The number of carboxylic acids is 1. The maximum atomic E-state index is 11.7. The predicted octanol–water partition coefficient (Wildman–Crippen LogP) is 5.12. The van der Waals surface area contributed by atoms with Gasteiger partial charge in [-0.25, -0.2) is 9.78 Å². The Morgan fingerprint density at radius 2 is 1.96 bits per heavy atom. The lowest BCUT2D eigenvalue weighted by Gasteiger charge is -2.06. The van der Waals surface area contributed by atoms with Crippen LogP contribution in [0.15, 0.2) is 57.4 Å². The predicted molar refractivity (Wildman–Crippen MR) is 98.2 cm³/mol. The minimum Gasteiger partial charge on any atom is -0.497 e. The average molecular weight is 398 g/mol. The summed E-state index contributed by atoms with van der Waals surface area (Å²) in [5.74, 6) is 0.0579. The summed E-state index contributed by atoms with van der Waals surface area (Å²) in [4.78, 5) is 16.2. The highest BCUT2D eigenvalue weighted by Crippen LogP contribution is 2.33.